The minimum absolute atomic E-state index is 0.0736. The Morgan fingerprint density at radius 1 is 1.35 bits per heavy atom. The first-order chi connectivity index (χ1) is 9.79. The molecular formula is C15H15NO4. The Labute approximate surface area is 116 Å². The van der Waals surface area contributed by atoms with Crippen LogP contribution in [0.2, 0.25) is 0 Å². The van der Waals surface area contributed by atoms with E-state index < -0.39 is 0 Å². The maximum absolute atomic E-state index is 12.5. The Kier molecular flexibility index (Phi) is 3.50. The Hall–Kier alpha value is -2.17. The number of nitrogens with zero attached hydrogens (tertiary/aromatic N) is 1. The Balaban J connectivity index is 1.79. The number of allylic oxidation sites excluding steroid dienone is 1. The molecule has 1 aliphatic heterocycles. The molecule has 5 heteroatoms. The largest absolute Gasteiger partial charge is 0.496 e. The van der Waals surface area contributed by atoms with Crippen LogP contribution in [0.25, 0.3) is 5.57 Å². The fourth-order valence-corrected chi connectivity index (χ4v) is 2.87. The molecule has 2 aliphatic rings. The first-order valence-corrected chi connectivity index (χ1v) is 6.70. The van der Waals surface area contributed by atoms with E-state index in [1.165, 1.54) is 6.26 Å². The molecule has 3 unspecified atom stereocenters. The maximum atomic E-state index is 12.5. The van der Waals surface area contributed by atoms with Gasteiger partial charge in [-0.2, -0.15) is 0 Å². The van der Waals surface area contributed by atoms with E-state index in [4.69, 9.17) is 9.47 Å². The Morgan fingerprint density at radius 3 is 3.00 bits per heavy atom. The molecule has 3 atom stereocenters. The molecule has 1 saturated carbocycles. The molecule has 0 amide bonds. The van der Waals surface area contributed by atoms with Crippen LogP contribution >= 0.6 is 0 Å². The lowest BCUT2D eigenvalue weighted by Crippen LogP contribution is -2.41. The summed E-state index contributed by atoms with van der Waals surface area (Å²) in [6.45, 7) is 0.463. The van der Waals surface area contributed by atoms with E-state index in [9.17, 15) is 9.59 Å². The van der Waals surface area contributed by atoms with E-state index >= 15 is 0 Å². The smallest absolute Gasteiger partial charge is 0.293 e. The molecule has 1 aliphatic carbocycles. The number of aromatic nitrogens is 1. The second kappa shape index (κ2) is 5.45. The van der Waals surface area contributed by atoms with Crippen molar-refractivity contribution in [2.45, 2.75) is 31.5 Å². The van der Waals surface area contributed by atoms with Gasteiger partial charge in [0.05, 0.1) is 23.4 Å². The van der Waals surface area contributed by atoms with E-state index in [0.29, 0.717) is 37.0 Å². The highest BCUT2D eigenvalue weighted by Gasteiger charge is 2.41. The summed E-state index contributed by atoms with van der Waals surface area (Å²) in [5, 5.41) is 0. The van der Waals surface area contributed by atoms with Crippen molar-refractivity contribution < 1.29 is 19.1 Å². The molecule has 5 nitrogen and oxygen atoms in total. The second-order valence-electron chi connectivity index (χ2n) is 5.06. The number of carbonyl (C=O) groups is 2. The molecule has 104 valence electrons. The van der Waals surface area contributed by atoms with Crippen molar-refractivity contribution in [3.63, 3.8) is 0 Å². The molecule has 0 radical (unpaired) electrons. The van der Waals surface area contributed by atoms with Crippen molar-refractivity contribution in [1.82, 2.24) is 4.98 Å². The van der Waals surface area contributed by atoms with Crippen LogP contribution in [-0.2, 0) is 19.1 Å². The number of carbonyl (C=O) groups excluding carboxylic acids is 2. The van der Waals surface area contributed by atoms with Crippen molar-refractivity contribution in [3.05, 3.63) is 36.4 Å². The monoisotopic (exact) mass is 273 g/mol. The number of Topliss-reactive ketones (excluding diaryl/α,β-unsaturated/α-hetero) is 1. The van der Waals surface area contributed by atoms with Gasteiger partial charge < -0.3 is 9.47 Å². The van der Waals surface area contributed by atoms with Gasteiger partial charge in [-0.3, -0.25) is 14.6 Å². The van der Waals surface area contributed by atoms with Crippen molar-refractivity contribution in [2.24, 2.45) is 5.92 Å². The number of ether oxygens (including phenoxy) is 2. The van der Waals surface area contributed by atoms with E-state index in [1.54, 1.807) is 12.3 Å². The fraction of sp³-hybridized carbons (Fsp3) is 0.400. The molecule has 3 rings (SSSR count). The van der Waals surface area contributed by atoms with E-state index in [1.807, 2.05) is 12.1 Å². The third kappa shape index (κ3) is 2.31. The number of fused-ring (bicyclic) bond motifs is 1. The Morgan fingerprint density at radius 2 is 2.25 bits per heavy atom. The van der Waals surface area contributed by atoms with Crippen LogP contribution in [0.3, 0.4) is 0 Å². The van der Waals surface area contributed by atoms with Gasteiger partial charge >= 0.3 is 0 Å². The standard InChI is InChI=1S/C15H15NO4/c17-9-20-10-4-5-11-14(7-10)19-8-12(15(11)18)13-3-1-2-6-16-13/h1-3,6,8-11,14H,4-5,7H2. The molecule has 0 saturated heterocycles. The van der Waals surface area contributed by atoms with Gasteiger partial charge in [0.15, 0.2) is 5.78 Å². The molecule has 0 aromatic carbocycles. The lowest BCUT2D eigenvalue weighted by atomic mass is 9.78. The average molecular weight is 273 g/mol. The highest BCUT2D eigenvalue weighted by atomic mass is 16.5. The van der Waals surface area contributed by atoms with Gasteiger partial charge in [-0.15, -0.1) is 0 Å². The fourth-order valence-electron chi connectivity index (χ4n) is 2.87. The van der Waals surface area contributed by atoms with Crippen LogP contribution < -0.4 is 0 Å². The lowest BCUT2D eigenvalue weighted by molar-refractivity contribution is -0.140. The van der Waals surface area contributed by atoms with E-state index in [0.717, 1.165) is 0 Å². The highest BCUT2D eigenvalue weighted by molar-refractivity contribution is 6.21. The third-order valence-corrected chi connectivity index (χ3v) is 3.90. The summed E-state index contributed by atoms with van der Waals surface area (Å²) in [5.74, 6) is -0.0898. The van der Waals surface area contributed by atoms with Crippen LogP contribution in [-0.4, -0.2) is 29.4 Å². The molecule has 0 spiro atoms. The molecule has 1 aromatic heterocycles. The van der Waals surface area contributed by atoms with Gasteiger partial charge in [-0.25, -0.2) is 0 Å². The maximum Gasteiger partial charge on any atom is 0.293 e. The molecule has 0 N–H and O–H groups in total. The molecule has 2 heterocycles. The Bertz CT molecular complexity index is 540. The average Bonchev–Trinajstić information content (AvgIpc) is 2.49. The number of hydrogen-bond donors (Lipinski definition) is 0. The lowest BCUT2D eigenvalue weighted by Gasteiger charge is -2.36. The number of pyridine rings is 1. The van der Waals surface area contributed by atoms with Crippen molar-refractivity contribution in [3.8, 4) is 0 Å². The number of ketones is 1. The summed E-state index contributed by atoms with van der Waals surface area (Å²) in [4.78, 5) is 27.1. The molecule has 20 heavy (non-hydrogen) atoms. The summed E-state index contributed by atoms with van der Waals surface area (Å²) in [7, 11) is 0. The summed E-state index contributed by atoms with van der Waals surface area (Å²) in [6, 6.07) is 5.45. The minimum atomic E-state index is -0.200. The number of hydrogen-bond acceptors (Lipinski definition) is 5. The SMILES string of the molecule is O=COC1CCC2C(=O)C(c3ccccn3)=COC2C1. The van der Waals surface area contributed by atoms with Crippen molar-refractivity contribution >= 4 is 17.8 Å². The third-order valence-electron chi connectivity index (χ3n) is 3.90. The zero-order valence-corrected chi connectivity index (χ0v) is 10.9. The van der Waals surface area contributed by atoms with Crippen molar-refractivity contribution in [1.29, 1.82) is 0 Å². The predicted octanol–water partition coefficient (Wildman–Crippen LogP) is 1.73. The quantitative estimate of drug-likeness (QED) is 0.785. The first kappa shape index (κ1) is 12.8. The zero-order valence-electron chi connectivity index (χ0n) is 10.9. The first-order valence-electron chi connectivity index (χ1n) is 6.70. The number of rotatable bonds is 3. The van der Waals surface area contributed by atoms with Gasteiger partial charge in [0.25, 0.3) is 6.47 Å². The van der Waals surface area contributed by atoms with Gasteiger partial charge in [0.2, 0.25) is 0 Å². The molecule has 0 bridgehead atoms. The second-order valence-corrected chi connectivity index (χ2v) is 5.06. The summed E-state index contributed by atoms with van der Waals surface area (Å²) >= 11 is 0. The highest BCUT2D eigenvalue weighted by Crippen LogP contribution is 2.36. The van der Waals surface area contributed by atoms with Crippen LogP contribution in [0.5, 0.6) is 0 Å². The summed E-state index contributed by atoms with van der Waals surface area (Å²) < 4.78 is 10.7. The van der Waals surface area contributed by atoms with Gasteiger partial charge in [0.1, 0.15) is 12.2 Å². The summed E-state index contributed by atoms with van der Waals surface area (Å²) in [6.07, 6.45) is 4.75. The van der Waals surface area contributed by atoms with Crippen LogP contribution in [0.15, 0.2) is 30.7 Å². The summed E-state index contributed by atoms with van der Waals surface area (Å²) in [5.41, 5.74) is 1.17. The zero-order chi connectivity index (χ0) is 13.9. The normalized spacial score (nSPS) is 28.9. The van der Waals surface area contributed by atoms with E-state index in [-0.39, 0.29) is 23.9 Å². The van der Waals surface area contributed by atoms with Crippen LogP contribution in [0.4, 0.5) is 0 Å². The minimum Gasteiger partial charge on any atom is -0.496 e. The molecule has 1 aromatic rings. The van der Waals surface area contributed by atoms with Gasteiger partial charge in [0, 0.05) is 12.6 Å². The van der Waals surface area contributed by atoms with Crippen LogP contribution in [0.1, 0.15) is 25.0 Å². The predicted molar refractivity (Wildman–Crippen MR) is 70.4 cm³/mol. The van der Waals surface area contributed by atoms with Gasteiger partial charge in [-0.1, -0.05) is 6.07 Å². The van der Waals surface area contributed by atoms with Crippen molar-refractivity contribution in [2.75, 3.05) is 0 Å². The topological polar surface area (TPSA) is 65.5 Å². The molecule has 1 fully saturated rings. The van der Waals surface area contributed by atoms with Gasteiger partial charge in [-0.05, 0) is 25.0 Å². The molecular weight excluding hydrogens is 258 g/mol. The van der Waals surface area contributed by atoms with Crippen LogP contribution in [0, 0.1) is 5.92 Å². The van der Waals surface area contributed by atoms with E-state index in [2.05, 4.69) is 4.98 Å².